The fourth-order valence-electron chi connectivity index (χ4n) is 5.09. The predicted molar refractivity (Wildman–Crippen MR) is 141 cm³/mol. The molecule has 6 rings (SSSR count). The van der Waals surface area contributed by atoms with Crippen molar-refractivity contribution in [1.82, 2.24) is 9.47 Å². The van der Waals surface area contributed by atoms with Crippen molar-refractivity contribution in [1.29, 1.82) is 0 Å². The van der Waals surface area contributed by atoms with Gasteiger partial charge in [0.1, 0.15) is 12.6 Å². The zero-order valence-corrected chi connectivity index (χ0v) is 20.2. The highest BCUT2D eigenvalue weighted by Crippen LogP contribution is 2.42. The Morgan fingerprint density at radius 3 is 2.31 bits per heavy atom. The second-order valence-corrected chi connectivity index (χ2v) is 9.47. The number of para-hydroxylation sites is 3. The van der Waals surface area contributed by atoms with Crippen molar-refractivity contribution in [2.75, 3.05) is 16.8 Å². The van der Waals surface area contributed by atoms with Gasteiger partial charge < -0.3 is 14.8 Å². The molecule has 1 unspecified atom stereocenters. The molecule has 1 atom stereocenters. The van der Waals surface area contributed by atoms with E-state index < -0.39 is 0 Å². The van der Waals surface area contributed by atoms with E-state index in [-0.39, 0.29) is 30.6 Å². The maximum Gasteiger partial charge on any atom is 0.322 e. The summed E-state index contributed by atoms with van der Waals surface area (Å²) in [5.41, 5.74) is 5.61. The molecule has 0 spiro atoms. The van der Waals surface area contributed by atoms with Crippen molar-refractivity contribution in [3.8, 4) is 5.69 Å². The number of aryl methyl sites for hydroxylation is 1. The highest BCUT2D eigenvalue weighted by atomic mass is 16.2. The highest BCUT2D eigenvalue weighted by molar-refractivity contribution is 6.01. The van der Waals surface area contributed by atoms with Gasteiger partial charge in [-0.25, -0.2) is 4.79 Å². The fourth-order valence-corrected chi connectivity index (χ4v) is 5.09. The summed E-state index contributed by atoms with van der Waals surface area (Å²) in [6.07, 6.45) is 3.87. The molecule has 0 bridgehead atoms. The van der Waals surface area contributed by atoms with E-state index >= 15 is 0 Å². The number of hydrogen-bond acceptors (Lipinski definition) is 2. The molecule has 1 fully saturated rings. The summed E-state index contributed by atoms with van der Waals surface area (Å²) in [4.78, 5) is 31.1. The van der Waals surface area contributed by atoms with Gasteiger partial charge in [0.05, 0.1) is 17.1 Å². The molecule has 6 heteroatoms. The zero-order valence-electron chi connectivity index (χ0n) is 20.2. The van der Waals surface area contributed by atoms with Crippen LogP contribution in [0.3, 0.4) is 0 Å². The van der Waals surface area contributed by atoms with E-state index in [1.54, 1.807) is 4.90 Å². The lowest BCUT2D eigenvalue weighted by Crippen LogP contribution is -2.48. The van der Waals surface area contributed by atoms with Gasteiger partial charge in [-0.1, -0.05) is 60.7 Å². The molecule has 3 aromatic carbocycles. The zero-order chi connectivity index (χ0) is 24.6. The molecular weight excluding hydrogens is 448 g/mol. The van der Waals surface area contributed by atoms with Crippen LogP contribution in [-0.4, -0.2) is 34.0 Å². The Bertz CT molecular complexity index is 1420. The van der Waals surface area contributed by atoms with Crippen LogP contribution in [0.4, 0.5) is 16.2 Å². The molecule has 4 aromatic rings. The van der Waals surface area contributed by atoms with Crippen molar-refractivity contribution in [2.24, 2.45) is 0 Å². The average molecular weight is 477 g/mol. The standard InChI is InChI=1S/C30H28N4O2/c1-21-10-5-6-13-24(21)31-30(36)33(23-17-18-23)20-28(35)34-26-15-8-7-14-25(26)32-19-9-16-27(32)29(34)22-11-3-2-4-12-22/h2-16,19,23,29H,17-18,20H2,1H3,(H,31,36). The van der Waals surface area contributed by atoms with E-state index in [4.69, 9.17) is 0 Å². The molecule has 1 saturated carbocycles. The number of anilines is 2. The summed E-state index contributed by atoms with van der Waals surface area (Å²) < 4.78 is 2.15. The Balaban J connectivity index is 1.36. The fraction of sp³-hybridized carbons (Fsp3) is 0.200. The minimum atomic E-state index is -0.288. The first kappa shape index (κ1) is 22.2. The summed E-state index contributed by atoms with van der Waals surface area (Å²) in [5.74, 6) is -0.101. The number of urea groups is 1. The molecule has 1 aromatic heterocycles. The van der Waals surface area contributed by atoms with Crippen LogP contribution >= 0.6 is 0 Å². The van der Waals surface area contributed by atoms with Gasteiger partial charge in [-0.2, -0.15) is 0 Å². The van der Waals surface area contributed by atoms with E-state index in [0.29, 0.717) is 0 Å². The van der Waals surface area contributed by atoms with Gasteiger partial charge in [0.2, 0.25) is 5.91 Å². The Hall–Kier alpha value is -4.32. The molecule has 1 N–H and O–H groups in total. The Morgan fingerprint density at radius 1 is 0.861 bits per heavy atom. The van der Waals surface area contributed by atoms with Crippen LogP contribution in [0.2, 0.25) is 0 Å². The normalized spacial score (nSPS) is 16.1. The van der Waals surface area contributed by atoms with Crippen LogP contribution in [0, 0.1) is 6.92 Å². The highest BCUT2D eigenvalue weighted by Gasteiger charge is 2.40. The van der Waals surface area contributed by atoms with E-state index in [2.05, 4.69) is 28.1 Å². The lowest BCUT2D eigenvalue weighted by Gasteiger charge is -2.39. The maximum atomic E-state index is 14.1. The molecule has 2 heterocycles. The SMILES string of the molecule is Cc1ccccc1NC(=O)N(CC(=O)N1c2ccccc2-n2cccc2C1c1ccccc1)C1CC1. The third-order valence-electron chi connectivity index (χ3n) is 7.04. The number of nitrogens with zero attached hydrogens (tertiary/aromatic N) is 3. The first-order valence-corrected chi connectivity index (χ1v) is 12.4. The van der Waals surface area contributed by atoms with Crippen LogP contribution in [0.25, 0.3) is 5.69 Å². The summed E-state index contributed by atoms with van der Waals surface area (Å²) in [6, 6.07) is 29.4. The Kier molecular flexibility index (Phi) is 5.56. The van der Waals surface area contributed by atoms with Crippen molar-refractivity contribution in [3.63, 3.8) is 0 Å². The van der Waals surface area contributed by atoms with Crippen molar-refractivity contribution >= 4 is 23.3 Å². The minimum absolute atomic E-state index is 0.0146. The van der Waals surface area contributed by atoms with Crippen LogP contribution in [0.1, 0.15) is 35.7 Å². The monoisotopic (exact) mass is 476 g/mol. The van der Waals surface area contributed by atoms with E-state index in [1.165, 1.54) is 0 Å². The number of amides is 3. The Morgan fingerprint density at radius 2 is 1.56 bits per heavy atom. The maximum absolute atomic E-state index is 14.1. The molecule has 36 heavy (non-hydrogen) atoms. The van der Waals surface area contributed by atoms with Crippen LogP contribution in [0.15, 0.2) is 97.2 Å². The van der Waals surface area contributed by atoms with Gasteiger partial charge in [0.25, 0.3) is 0 Å². The topological polar surface area (TPSA) is 57.6 Å². The summed E-state index contributed by atoms with van der Waals surface area (Å²) in [6.45, 7) is 1.98. The first-order chi connectivity index (χ1) is 17.6. The van der Waals surface area contributed by atoms with Crippen molar-refractivity contribution in [3.05, 3.63) is 114 Å². The number of nitrogens with one attached hydrogen (secondary N) is 1. The largest absolute Gasteiger partial charge is 0.322 e. The van der Waals surface area contributed by atoms with E-state index in [1.807, 2.05) is 90.8 Å². The van der Waals surface area contributed by atoms with Crippen LogP contribution in [0.5, 0.6) is 0 Å². The number of fused-ring (bicyclic) bond motifs is 3. The molecule has 1 aliphatic heterocycles. The number of rotatable bonds is 5. The van der Waals surface area contributed by atoms with Gasteiger partial charge in [0, 0.05) is 17.9 Å². The molecule has 0 radical (unpaired) electrons. The second-order valence-electron chi connectivity index (χ2n) is 9.47. The molecule has 1 aliphatic carbocycles. The van der Waals surface area contributed by atoms with Gasteiger partial charge >= 0.3 is 6.03 Å². The molecular formula is C30H28N4O2. The number of benzene rings is 3. The molecule has 3 amide bonds. The molecule has 180 valence electrons. The Labute approximate surface area is 210 Å². The summed E-state index contributed by atoms with van der Waals surface area (Å²) >= 11 is 0. The predicted octanol–water partition coefficient (Wildman–Crippen LogP) is 5.92. The molecule has 6 nitrogen and oxygen atoms in total. The van der Waals surface area contributed by atoms with Crippen LogP contribution in [-0.2, 0) is 4.79 Å². The third-order valence-corrected chi connectivity index (χ3v) is 7.04. The lowest BCUT2D eigenvalue weighted by atomic mass is 9.97. The van der Waals surface area contributed by atoms with E-state index in [9.17, 15) is 9.59 Å². The number of carbonyl (C=O) groups is 2. The number of aromatic nitrogens is 1. The summed E-state index contributed by atoms with van der Waals surface area (Å²) in [7, 11) is 0. The number of carbonyl (C=O) groups excluding carboxylic acids is 2. The molecule has 2 aliphatic rings. The lowest BCUT2D eigenvalue weighted by molar-refractivity contribution is -0.119. The second kappa shape index (κ2) is 9.04. The van der Waals surface area contributed by atoms with Crippen LogP contribution < -0.4 is 10.2 Å². The first-order valence-electron chi connectivity index (χ1n) is 12.4. The van der Waals surface area contributed by atoms with Gasteiger partial charge in [-0.3, -0.25) is 9.69 Å². The minimum Gasteiger partial charge on any atom is -0.316 e. The van der Waals surface area contributed by atoms with E-state index in [0.717, 1.165) is 46.7 Å². The smallest absolute Gasteiger partial charge is 0.316 e. The van der Waals surface area contributed by atoms with Gasteiger partial charge in [-0.05, 0) is 61.2 Å². The summed E-state index contributed by atoms with van der Waals surface area (Å²) in [5, 5.41) is 3.03. The van der Waals surface area contributed by atoms with Crippen molar-refractivity contribution in [2.45, 2.75) is 31.8 Å². The van der Waals surface area contributed by atoms with Gasteiger partial charge in [-0.15, -0.1) is 0 Å². The molecule has 0 saturated heterocycles. The van der Waals surface area contributed by atoms with Gasteiger partial charge in [0.15, 0.2) is 0 Å². The van der Waals surface area contributed by atoms with Crippen molar-refractivity contribution < 1.29 is 9.59 Å². The quantitative estimate of drug-likeness (QED) is 0.389. The third kappa shape index (κ3) is 3.94. The number of hydrogen-bond donors (Lipinski definition) is 1. The average Bonchev–Trinajstić information content (AvgIpc) is 3.63.